The Bertz CT molecular complexity index is 667. The van der Waals surface area contributed by atoms with Crippen LogP contribution in [0.15, 0.2) is 30.3 Å². The van der Waals surface area contributed by atoms with Crippen LogP contribution in [0.5, 0.6) is 0 Å². The van der Waals surface area contributed by atoms with Crippen LogP contribution in [-0.4, -0.2) is 26.4 Å². The van der Waals surface area contributed by atoms with Crippen LogP contribution in [0.3, 0.4) is 0 Å². The van der Waals surface area contributed by atoms with Gasteiger partial charge in [0.05, 0.1) is 0 Å². The number of aromatic nitrogens is 4. The largest absolute Gasteiger partial charge is 0.394 e. The molecular weight excluding hydrogens is 228 g/mol. The third kappa shape index (κ3) is 1.63. The molecule has 0 fully saturated rings. The van der Waals surface area contributed by atoms with E-state index in [0.717, 1.165) is 17.1 Å². The summed E-state index contributed by atoms with van der Waals surface area (Å²) in [5.41, 5.74) is 14.5. The summed E-state index contributed by atoms with van der Waals surface area (Å²) in [5, 5.41) is 7.48. The number of nitrogens with two attached hydrogens (primary N) is 2. The molecule has 3 aromatic rings. The summed E-state index contributed by atoms with van der Waals surface area (Å²) in [6.45, 7) is 0.544. The van der Waals surface area contributed by atoms with Crippen LogP contribution >= 0.6 is 0 Å². The second kappa shape index (κ2) is 4.15. The number of anilines is 1. The fraction of sp³-hybridized carbons (Fsp3) is 0.167. The molecule has 0 aliphatic rings. The Labute approximate surface area is 104 Å². The van der Waals surface area contributed by atoms with Gasteiger partial charge in [-0.05, 0) is 6.54 Å². The van der Waals surface area contributed by atoms with E-state index < -0.39 is 0 Å². The van der Waals surface area contributed by atoms with E-state index in [1.54, 1.807) is 4.63 Å². The Hall–Kier alpha value is -2.34. The number of nitrogens with zero attached hydrogens (tertiary/aromatic N) is 3. The molecule has 0 saturated heterocycles. The first-order valence-electron chi connectivity index (χ1n) is 5.78. The summed E-state index contributed by atoms with van der Waals surface area (Å²) in [6.07, 6.45) is 0.684. The number of fused-ring (bicyclic) bond motifs is 1. The van der Waals surface area contributed by atoms with Gasteiger partial charge in [-0.2, -0.15) is 4.63 Å². The molecule has 5 N–H and O–H groups in total. The van der Waals surface area contributed by atoms with Crippen molar-refractivity contribution >= 4 is 11.3 Å². The Kier molecular flexibility index (Phi) is 2.49. The standard InChI is InChI=1S/C12H14N6/c13-7-6-9-15-12-10(14)11(17-18(12)16-9)8-4-2-1-3-5-8/h1-5H,6-7,13-14H2,(H,15,16). The molecule has 18 heavy (non-hydrogen) atoms. The van der Waals surface area contributed by atoms with Gasteiger partial charge in [0.1, 0.15) is 17.2 Å². The number of hydrogen-bond donors (Lipinski definition) is 3. The van der Waals surface area contributed by atoms with Crippen molar-refractivity contribution in [2.75, 3.05) is 12.3 Å². The lowest BCUT2D eigenvalue weighted by Crippen LogP contribution is -2.04. The lowest BCUT2D eigenvalue weighted by atomic mass is 10.1. The van der Waals surface area contributed by atoms with Gasteiger partial charge in [0.25, 0.3) is 0 Å². The summed E-state index contributed by atoms with van der Waals surface area (Å²) in [6, 6.07) is 9.81. The second-order valence-corrected chi connectivity index (χ2v) is 4.07. The third-order valence-corrected chi connectivity index (χ3v) is 2.80. The molecule has 0 saturated carbocycles. The topological polar surface area (TPSA) is 98.0 Å². The molecule has 1 aromatic carbocycles. The number of aromatic amines is 1. The van der Waals surface area contributed by atoms with E-state index in [0.29, 0.717) is 24.3 Å². The Balaban J connectivity index is 2.10. The molecular formula is C12H14N6. The van der Waals surface area contributed by atoms with Crippen molar-refractivity contribution in [3.05, 3.63) is 36.2 Å². The van der Waals surface area contributed by atoms with Crippen LogP contribution in [0.25, 0.3) is 16.9 Å². The Morgan fingerprint density at radius 3 is 2.67 bits per heavy atom. The summed E-state index contributed by atoms with van der Waals surface area (Å²) >= 11 is 0. The molecule has 0 atom stereocenters. The first-order chi connectivity index (χ1) is 8.79. The van der Waals surface area contributed by atoms with Gasteiger partial charge < -0.3 is 11.5 Å². The van der Waals surface area contributed by atoms with Gasteiger partial charge in [-0.15, -0.1) is 5.10 Å². The molecule has 6 heteroatoms. The number of benzene rings is 1. The van der Waals surface area contributed by atoms with Gasteiger partial charge in [-0.1, -0.05) is 30.3 Å². The summed E-state index contributed by atoms with van der Waals surface area (Å²) < 4.78 is 1.60. The quantitative estimate of drug-likeness (QED) is 0.633. The smallest absolute Gasteiger partial charge is 0.199 e. The van der Waals surface area contributed by atoms with Crippen molar-refractivity contribution in [3.63, 3.8) is 0 Å². The first-order valence-corrected chi connectivity index (χ1v) is 5.78. The molecule has 2 aromatic heterocycles. The minimum Gasteiger partial charge on any atom is -0.394 e. The number of nitrogen functional groups attached to an aromatic ring is 1. The summed E-state index contributed by atoms with van der Waals surface area (Å²) in [7, 11) is 0. The van der Waals surface area contributed by atoms with Crippen molar-refractivity contribution in [2.45, 2.75) is 6.42 Å². The molecule has 0 aliphatic carbocycles. The van der Waals surface area contributed by atoms with E-state index in [9.17, 15) is 0 Å². The molecule has 0 unspecified atom stereocenters. The minimum absolute atomic E-state index is 0.544. The maximum atomic E-state index is 6.08. The summed E-state index contributed by atoms with van der Waals surface area (Å²) in [5.74, 6) is 0.798. The van der Waals surface area contributed by atoms with Crippen LogP contribution in [0.1, 0.15) is 5.82 Å². The van der Waals surface area contributed by atoms with Crippen molar-refractivity contribution in [1.29, 1.82) is 0 Å². The molecule has 3 rings (SSSR count). The zero-order chi connectivity index (χ0) is 12.5. The molecule has 0 radical (unpaired) electrons. The second-order valence-electron chi connectivity index (χ2n) is 4.07. The van der Waals surface area contributed by atoms with Crippen molar-refractivity contribution in [3.8, 4) is 11.3 Å². The fourth-order valence-electron chi connectivity index (χ4n) is 1.94. The zero-order valence-electron chi connectivity index (χ0n) is 9.80. The maximum absolute atomic E-state index is 6.08. The van der Waals surface area contributed by atoms with Gasteiger partial charge in [0.15, 0.2) is 5.65 Å². The minimum atomic E-state index is 0.544. The van der Waals surface area contributed by atoms with Gasteiger partial charge in [-0.25, -0.2) is 4.98 Å². The maximum Gasteiger partial charge on any atom is 0.199 e. The Morgan fingerprint density at radius 2 is 2.00 bits per heavy atom. The number of rotatable bonds is 3. The highest BCUT2D eigenvalue weighted by Crippen LogP contribution is 2.26. The molecule has 0 aliphatic heterocycles. The SMILES string of the molecule is NCCc1nc2c(N)c(-c3ccccc3)nn2[nH]1. The Morgan fingerprint density at radius 1 is 1.22 bits per heavy atom. The van der Waals surface area contributed by atoms with E-state index in [1.807, 2.05) is 30.3 Å². The summed E-state index contributed by atoms with van der Waals surface area (Å²) in [4.78, 5) is 4.39. The zero-order valence-corrected chi connectivity index (χ0v) is 9.80. The highest BCUT2D eigenvalue weighted by molar-refractivity contribution is 5.82. The van der Waals surface area contributed by atoms with Gasteiger partial charge >= 0.3 is 0 Å². The fourth-order valence-corrected chi connectivity index (χ4v) is 1.94. The average Bonchev–Trinajstić information content (AvgIpc) is 2.91. The van der Waals surface area contributed by atoms with Crippen LogP contribution in [0.2, 0.25) is 0 Å². The molecule has 0 amide bonds. The first kappa shape index (κ1) is 10.8. The number of H-pyrrole nitrogens is 1. The van der Waals surface area contributed by atoms with Crippen molar-refractivity contribution in [2.24, 2.45) is 5.73 Å². The lowest BCUT2D eigenvalue weighted by molar-refractivity contribution is 0.778. The predicted octanol–water partition coefficient (Wildman–Crippen LogP) is 0.808. The van der Waals surface area contributed by atoms with E-state index >= 15 is 0 Å². The van der Waals surface area contributed by atoms with E-state index in [4.69, 9.17) is 11.5 Å². The van der Waals surface area contributed by atoms with Gasteiger partial charge in [-0.3, -0.25) is 5.10 Å². The number of nitrogens with one attached hydrogen (secondary N) is 1. The average molecular weight is 242 g/mol. The van der Waals surface area contributed by atoms with Gasteiger partial charge in [0.2, 0.25) is 0 Å². The molecule has 6 nitrogen and oxygen atoms in total. The highest BCUT2D eigenvalue weighted by Gasteiger charge is 2.14. The normalized spacial score (nSPS) is 11.2. The van der Waals surface area contributed by atoms with E-state index in [1.165, 1.54) is 0 Å². The molecule has 92 valence electrons. The van der Waals surface area contributed by atoms with Crippen LogP contribution in [0, 0.1) is 0 Å². The monoisotopic (exact) mass is 242 g/mol. The van der Waals surface area contributed by atoms with Crippen LogP contribution in [0.4, 0.5) is 5.69 Å². The van der Waals surface area contributed by atoms with Crippen molar-refractivity contribution < 1.29 is 0 Å². The van der Waals surface area contributed by atoms with Crippen molar-refractivity contribution in [1.82, 2.24) is 19.8 Å². The van der Waals surface area contributed by atoms with Crippen LogP contribution < -0.4 is 11.5 Å². The van der Waals surface area contributed by atoms with Crippen LogP contribution in [-0.2, 0) is 6.42 Å². The van der Waals surface area contributed by atoms with E-state index in [2.05, 4.69) is 15.2 Å². The molecule has 0 bridgehead atoms. The number of hydrogen-bond acceptors (Lipinski definition) is 4. The highest BCUT2D eigenvalue weighted by atomic mass is 15.5. The lowest BCUT2D eigenvalue weighted by Gasteiger charge is -1.96. The molecule has 0 spiro atoms. The van der Waals surface area contributed by atoms with Gasteiger partial charge in [0, 0.05) is 12.0 Å². The molecule has 2 heterocycles. The third-order valence-electron chi connectivity index (χ3n) is 2.80. The van der Waals surface area contributed by atoms with E-state index in [-0.39, 0.29) is 0 Å². The predicted molar refractivity (Wildman–Crippen MR) is 69.9 cm³/mol.